The Morgan fingerprint density at radius 1 is 1.42 bits per heavy atom. The molecule has 4 heteroatoms. The van der Waals surface area contributed by atoms with E-state index in [9.17, 15) is 4.79 Å². The van der Waals surface area contributed by atoms with Gasteiger partial charge >= 0.3 is 76.4 Å². The van der Waals surface area contributed by atoms with Crippen molar-refractivity contribution in [2.75, 3.05) is 7.11 Å². The molecule has 0 aliphatic carbocycles. The fourth-order valence-electron chi connectivity index (χ4n) is 0.749. The monoisotopic (exact) mass is 232 g/mol. The summed E-state index contributed by atoms with van der Waals surface area (Å²) in [6.45, 7) is 0. The molecule has 1 rings (SSSR count). The zero-order chi connectivity index (χ0) is 8.97. The SMILES string of the molecule is CO[Se]c1ccc(C(=O)O)cc1. The molecule has 12 heavy (non-hydrogen) atoms. The van der Waals surface area contributed by atoms with Crippen LogP contribution in [0.25, 0.3) is 0 Å². The fraction of sp³-hybridized carbons (Fsp3) is 0.125. The summed E-state index contributed by atoms with van der Waals surface area (Å²) in [6, 6.07) is 6.71. The van der Waals surface area contributed by atoms with Crippen molar-refractivity contribution in [3.05, 3.63) is 29.8 Å². The second kappa shape index (κ2) is 4.26. The van der Waals surface area contributed by atoms with Gasteiger partial charge in [0.15, 0.2) is 0 Å². The van der Waals surface area contributed by atoms with E-state index in [4.69, 9.17) is 8.93 Å². The number of carboxylic acids is 1. The molecule has 0 aliphatic rings. The average molecular weight is 231 g/mol. The van der Waals surface area contributed by atoms with Crippen LogP contribution in [0.1, 0.15) is 10.4 Å². The van der Waals surface area contributed by atoms with Crippen LogP contribution in [-0.4, -0.2) is 33.5 Å². The molecule has 0 aliphatic heterocycles. The van der Waals surface area contributed by atoms with Gasteiger partial charge in [0, 0.05) is 0 Å². The van der Waals surface area contributed by atoms with Gasteiger partial charge in [-0.05, 0) is 0 Å². The average Bonchev–Trinajstić information content (AvgIpc) is 2.06. The molecule has 0 atom stereocenters. The van der Waals surface area contributed by atoms with E-state index in [0.717, 1.165) is 4.46 Å². The standard InChI is InChI=1S/C8H8O3Se/c1-11-12-7-4-2-6(3-5-7)8(9)10/h2-5H,1H3,(H,9,10). The second-order valence-corrected chi connectivity index (χ2v) is 4.12. The molecule has 1 aromatic carbocycles. The molecule has 3 nitrogen and oxygen atoms in total. The van der Waals surface area contributed by atoms with Crippen LogP contribution in [0.5, 0.6) is 0 Å². The first-order valence-electron chi connectivity index (χ1n) is 3.28. The third-order valence-corrected chi connectivity index (χ3v) is 2.61. The quantitative estimate of drug-likeness (QED) is 0.760. The Labute approximate surface area is 76.8 Å². The van der Waals surface area contributed by atoms with Gasteiger partial charge in [-0.2, -0.15) is 0 Å². The Kier molecular flexibility index (Phi) is 3.29. The van der Waals surface area contributed by atoms with Gasteiger partial charge in [0.05, 0.1) is 0 Å². The van der Waals surface area contributed by atoms with Gasteiger partial charge in [0.1, 0.15) is 0 Å². The first-order chi connectivity index (χ1) is 5.74. The molecule has 64 valence electrons. The number of rotatable bonds is 3. The molecule has 0 heterocycles. The Hall–Kier alpha value is -0.831. The number of carbonyl (C=O) groups is 1. The Balaban J connectivity index is 2.78. The molecule has 0 amide bonds. The first-order valence-corrected chi connectivity index (χ1v) is 4.83. The Bertz CT molecular complexity index is 268. The van der Waals surface area contributed by atoms with E-state index in [1.807, 2.05) is 0 Å². The summed E-state index contributed by atoms with van der Waals surface area (Å²) in [4.78, 5) is 10.4. The molecule has 0 bridgehead atoms. The van der Waals surface area contributed by atoms with E-state index in [0.29, 0.717) is 5.56 Å². The molecular formula is C8H8O3Se. The van der Waals surface area contributed by atoms with Gasteiger partial charge in [-0.1, -0.05) is 0 Å². The third-order valence-electron chi connectivity index (χ3n) is 1.28. The fourth-order valence-corrected chi connectivity index (χ4v) is 1.67. The molecule has 0 saturated carbocycles. The van der Waals surface area contributed by atoms with Gasteiger partial charge in [-0.15, -0.1) is 0 Å². The number of carboxylic acid groups (broad SMARTS) is 1. The van der Waals surface area contributed by atoms with Gasteiger partial charge < -0.3 is 0 Å². The van der Waals surface area contributed by atoms with E-state index in [1.54, 1.807) is 31.4 Å². The van der Waals surface area contributed by atoms with Crippen LogP contribution in [-0.2, 0) is 3.82 Å². The second-order valence-electron chi connectivity index (χ2n) is 2.08. The molecule has 1 aromatic rings. The molecule has 0 fully saturated rings. The van der Waals surface area contributed by atoms with Crippen molar-refractivity contribution in [3.8, 4) is 0 Å². The maximum absolute atomic E-state index is 10.4. The molecule has 0 unspecified atom stereocenters. The van der Waals surface area contributed by atoms with E-state index < -0.39 is 5.97 Å². The summed E-state index contributed by atoms with van der Waals surface area (Å²) in [6.07, 6.45) is 0. The van der Waals surface area contributed by atoms with Crippen LogP contribution in [0, 0.1) is 0 Å². The molecular weight excluding hydrogens is 223 g/mol. The molecule has 0 aromatic heterocycles. The Morgan fingerprint density at radius 3 is 2.42 bits per heavy atom. The summed E-state index contributed by atoms with van der Waals surface area (Å²) < 4.78 is 5.98. The van der Waals surface area contributed by atoms with Gasteiger partial charge in [0.2, 0.25) is 0 Å². The van der Waals surface area contributed by atoms with E-state index in [2.05, 4.69) is 0 Å². The van der Waals surface area contributed by atoms with Crippen molar-refractivity contribution >= 4 is 25.7 Å². The van der Waals surface area contributed by atoms with Crippen LogP contribution in [0.3, 0.4) is 0 Å². The van der Waals surface area contributed by atoms with Crippen molar-refractivity contribution in [1.82, 2.24) is 0 Å². The Morgan fingerprint density at radius 2 is 2.00 bits per heavy atom. The minimum absolute atomic E-state index is 0.00294. The van der Waals surface area contributed by atoms with E-state index >= 15 is 0 Å². The number of aromatic carboxylic acids is 1. The molecule has 0 saturated heterocycles. The minimum atomic E-state index is -0.897. The van der Waals surface area contributed by atoms with E-state index in [1.165, 1.54) is 0 Å². The van der Waals surface area contributed by atoms with Crippen LogP contribution >= 0.6 is 0 Å². The first kappa shape index (κ1) is 9.26. The summed E-state index contributed by atoms with van der Waals surface area (Å²) >= 11 is -0.00294. The predicted octanol–water partition coefficient (Wildman–Crippen LogP) is 0.276. The summed E-state index contributed by atoms with van der Waals surface area (Å²) in [7, 11) is 1.63. The molecule has 0 radical (unpaired) electrons. The van der Waals surface area contributed by atoms with Crippen LogP contribution < -0.4 is 4.46 Å². The molecule has 1 N–H and O–H groups in total. The van der Waals surface area contributed by atoms with Crippen LogP contribution in [0.2, 0.25) is 0 Å². The van der Waals surface area contributed by atoms with Crippen molar-refractivity contribution in [2.24, 2.45) is 0 Å². The summed E-state index contributed by atoms with van der Waals surface area (Å²) in [5.41, 5.74) is 0.311. The third kappa shape index (κ3) is 2.34. The zero-order valence-corrected chi connectivity index (χ0v) is 8.19. The number of hydrogen-bond donors (Lipinski definition) is 1. The topological polar surface area (TPSA) is 46.5 Å². The van der Waals surface area contributed by atoms with Gasteiger partial charge in [-0.3, -0.25) is 0 Å². The van der Waals surface area contributed by atoms with Crippen molar-refractivity contribution in [1.29, 1.82) is 0 Å². The van der Waals surface area contributed by atoms with Crippen molar-refractivity contribution < 1.29 is 13.7 Å². The van der Waals surface area contributed by atoms with Crippen LogP contribution in [0.15, 0.2) is 24.3 Å². The number of benzene rings is 1. The van der Waals surface area contributed by atoms with Crippen molar-refractivity contribution in [3.63, 3.8) is 0 Å². The summed E-state index contributed by atoms with van der Waals surface area (Å²) in [5.74, 6) is -0.897. The predicted molar refractivity (Wildman–Crippen MR) is 45.8 cm³/mol. The summed E-state index contributed by atoms with van der Waals surface area (Å²) in [5, 5.41) is 8.58. The van der Waals surface area contributed by atoms with E-state index in [-0.39, 0.29) is 15.3 Å². The number of hydrogen-bond acceptors (Lipinski definition) is 2. The van der Waals surface area contributed by atoms with Gasteiger partial charge in [0.25, 0.3) is 0 Å². The van der Waals surface area contributed by atoms with Crippen molar-refractivity contribution in [2.45, 2.75) is 0 Å². The zero-order valence-electron chi connectivity index (χ0n) is 6.48. The van der Waals surface area contributed by atoms with Crippen LogP contribution in [0.4, 0.5) is 0 Å². The maximum atomic E-state index is 10.4. The normalized spacial score (nSPS) is 9.75. The van der Waals surface area contributed by atoms with Gasteiger partial charge in [-0.25, -0.2) is 0 Å². The molecule has 0 spiro atoms.